The summed E-state index contributed by atoms with van der Waals surface area (Å²) in [7, 11) is -4.01. The lowest BCUT2D eigenvalue weighted by atomic mass is 10.1. The Morgan fingerprint density at radius 3 is 1.97 bits per heavy atom. The van der Waals surface area contributed by atoms with Crippen molar-refractivity contribution in [3.8, 4) is 0 Å². The van der Waals surface area contributed by atoms with Crippen molar-refractivity contribution >= 4 is 33.2 Å². The molecule has 7 heteroatoms. The van der Waals surface area contributed by atoms with Gasteiger partial charge in [-0.25, -0.2) is 8.42 Å². The maximum Gasteiger partial charge on any atom is 0.263 e. The van der Waals surface area contributed by atoms with Gasteiger partial charge in [0.15, 0.2) is 0 Å². The van der Waals surface area contributed by atoms with E-state index in [1.165, 1.54) is 12.1 Å². The highest BCUT2D eigenvalue weighted by atomic mass is 35.5. The summed E-state index contributed by atoms with van der Waals surface area (Å²) in [5.41, 5.74) is 3.52. The van der Waals surface area contributed by atoms with E-state index in [0.717, 1.165) is 16.7 Å². The van der Waals surface area contributed by atoms with E-state index in [1.807, 2.05) is 73.7 Å². The number of hydrogen-bond acceptors (Lipinski definition) is 3. The summed E-state index contributed by atoms with van der Waals surface area (Å²) in [5.74, 6) is -0.290. The second-order valence-electron chi connectivity index (χ2n) is 8.25. The van der Waals surface area contributed by atoms with E-state index in [4.69, 9.17) is 11.6 Å². The van der Waals surface area contributed by atoms with Crippen LogP contribution in [0.2, 0.25) is 5.02 Å². The van der Waals surface area contributed by atoms with Crippen LogP contribution in [0.4, 0.5) is 5.69 Å². The number of hydrogen-bond donors (Lipinski definition) is 1. The number of amides is 1. The van der Waals surface area contributed by atoms with Gasteiger partial charge in [0.25, 0.3) is 15.9 Å². The van der Waals surface area contributed by atoms with Crippen molar-refractivity contribution in [2.24, 2.45) is 0 Å². The standard InChI is InChI=1S/C28H25ClN2O3S/c1-21-9-8-14-25(17-21)30-35(33,34)27-18-24(15-16-26(27)29)28(32)31(19-22-10-4-2-5-11-22)20-23-12-6-3-7-13-23/h2-18,30H,19-20H2,1H3. The summed E-state index contributed by atoms with van der Waals surface area (Å²) in [6.07, 6.45) is 0. The van der Waals surface area contributed by atoms with Crippen molar-refractivity contribution < 1.29 is 13.2 Å². The minimum atomic E-state index is -4.01. The lowest BCUT2D eigenvalue weighted by Crippen LogP contribution is -2.30. The fourth-order valence-corrected chi connectivity index (χ4v) is 5.33. The molecule has 0 atom stereocenters. The van der Waals surface area contributed by atoms with E-state index in [2.05, 4.69) is 4.72 Å². The number of aryl methyl sites for hydroxylation is 1. The number of sulfonamides is 1. The Bertz CT molecular complexity index is 1380. The Balaban J connectivity index is 1.66. The zero-order valence-corrected chi connectivity index (χ0v) is 20.8. The highest BCUT2D eigenvalue weighted by Crippen LogP contribution is 2.26. The maximum atomic E-state index is 13.6. The summed E-state index contributed by atoms with van der Waals surface area (Å²) < 4.78 is 28.8. The minimum Gasteiger partial charge on any atom is -0.330 e. The number of carbonyl (C=O) groups excluding carboxylic acids is 1. The van der Waals surface area contributed by atoms with Gasteiger partial charge >= 0.3 is 0 Å². The predicted molar refractivity (Wildman–Crippen MR) is 140 cm³/mol. The number of anilines is 1. The van der Waals surface area contributed by atoms with Gasteiger partial charge in [0, 0.05) is 24.3 Å². The number of halogens is 1. The molecule has 0 unspecified atom stereocenters. The average Bonchev–Trinajstić information content (AvgIpc) is 2.84. The number of nitrogens with one attached hydrogen (secondary N) is 1. The Hall–Kier alpha value is -3.61. The highest BCUT2D eigenvalue weighted by Gasteiger charge is 2.23. The first-order valence-corrected chi connectivity index (χ1v) is 12.9. The molecular formula is C28H25ClN2O3S. The van der Waals surface area contributed by atoms with Crippen LogP contribution in [0.15, 0.2) is 108 Å². The maximum absolute atomic E-state index is 13.6. The molecule has 0 aliphatic rings. The fourth-order valence-electron chi connectivity index (χ4n) is 3.75. The van der Waals surface area contributed by atoms with E-state index in [1.54, 1.807) is 29.2 Å². The molecule has 5 nitrogen and oxygen atoms in total. The van der Waals surface area contributed by atoms with Gasteiger partial charge < -0.3 is 4.90 Å². The molecule has 0 bridgehead atoms. The molecule has 1 N–H and O–H groups in total. The fraction of sp³-hybridized carbons (Fsp3) is 0.107. The molecule has 4 aromatic rings. The summed E-state index contributed by atoms with van der Waals surface area (Å²) in [6, 6.07) is 30.7. The van der Waals surface area contributed by atoms with Crippen LogP contribution in [0.3, 0.4) is 0 Å². The van der Waals surface area contributed by atoms with E-state index >= 15 is 0 Å². The Kier molecular flexibility index (Phi) is 7.54. The van der Waals surface area contributed by atoms with Gasteiger partial charge in [0.05, 0.1) is 5.02 Å². The molecule has 0 aliphatic heterocycles. The Morgan fingerprint density at radius 1 is 0.800 bits per heavy atom. The number of carbonyl (C=O) groups is 1. The molecule has 0 spiro atoms. The zero-order valence-electron chi connectivity index (χ0n) is 19.2. The van der Waals surface area contributed by atoms with Gasteiger partial charge in [-0.15, -0.1) is 0 Å². The number of nitrogens with zero attached hydrogens (tertiary/aromatic N) is 1. The van der Waals surface area contributed by atoms with Crippen LogP contribution >= 0.6 is 11.6 Å². The molecule has 4 aromatic carbocycles. The number of rotatable bonds is 8. The third-order valence-electron chi connectivity index (χ3n) is 5.46. The zero-order chi connectivity index (χ0) is 24.8. The molecule has 0 saturated heterocycles. The average molecular weight is 505 g/mol. The van der Waals surface area contributed by atoms with Crippen LogP contribution in [0.25, 0.3) is 0 Å². The van der Waals surface area contributed by atoms with Gasteiger partial charge in [-0.05, 0) is 53.9 Å². The molecule has 178 valence electrons. The SMILES string of the molecule is Cc1cccc(NS(=O)(=O)c2cc(C(=O)N(Cc3ccccc3)Cc3ccccc3)ccc2Cl)c1. The molecule has 0 fully saturated rings. The highest BCUT2D eigenvalue weighted by molar-refractivity contribution is 7.92. The lowest BCUT2D eigenvalue weighted by molar-refractivity contribution is 0.0730. The third kappa shape index (κ3) is 6.29. The van der Waals surface area contributed by atoms with Crippen molar-refractivity contribution in [1.29, 1.82) is 0 Å². The molecule has 0 aliphatic carbocycles. The van der Waals surface area contributed by atoms with Crippen LogP contribution in [0.1, 0.15) is 27.0 Å². The van der Waals surface area contributed by atoms with Crippen molar-refractivity contribution in [3.05, 3.63) is 130 Å². The van der Waals surface area contributed by atoms with E-state index in [0.29, 0.717) is 18.8 Å². The Morgan fingerprint density at radius 2 is 1.40 bits per heavy atom. The second kappa shape index (κ2) is 10.8. The minimum absolute atomic E-state index is 0.0411. The molecule has 35 heavy (non-hydrogen) atoms. The molecule has 4 rings (SSSR count). The first-order valence-electron chi connectivity index (χ1n) is 11.1. The van der Waals surface area contributed by atoms with Crippen LogP contribution in [-0.4, -0.2) is 19.2 Å². The summed E-state index contributed by atoms with van der Waals surface area (Å²) >= 11 is 6.28. The molecular weight excluding hydrogens is 480 g/mol. The van der Waals surface area contributed by atoms with Gasteiger partial charge in [-0.1, -0.05) is 84.4 Å². The normalized spacial score (nSPS) is 11.1. The summed E-state index contributed by atoms with van der Waals surface area (Å²) in [5, 5.41) is 0.0411. The van der Waals surface area contributed by atoms with E-state index in [-0.39, 0.29) is 21.4 Å². The Labute approximate surface area is 211 Å². The second-order valence-corrected chi connectivity index (χ2v) is 10.3. The lowest BCUT2D eigenvalue weighted by Gasteiger charge is -2.24. The van der Waals surface area contributed by atoms with Crippen LogP contribution in [-0.2, 0) is 23.1 Å². The summed E-state index contributed by atoms with van der Waals surface area (Å²) in [6.45, 7) is 2.62. The first-order chi connectivity index (χ1) is 16.8. The summed E-state index contributed by atoms with van der Waals surface area (Å²) in [4.78, 5) is 15.2. The molecule has 0 saturated carbocycles. The van der Waals surface area contributed by atoms with Crippen molar-refractivity contribution in [1.82, 2.24) is 4.90 Å². The van der Waals surface area contributed by atoms with Gasteiger partial charge in [0.1, 0.15) is 4.90 Å². The quantitative estimate of drug-likeness (QED) is 0.306. The smallest absolute Gasteiger partial charge is 0.263 e. The van der Waals surface area contributed by atoms with Gasteiger partial charge in [-0.2, -0.15) is 0 Å². The third-order valence-corrected chi connectivity index (χ3v) is 7.32. The van der Waals surface area contributed by atoms with Crippen LogP contribution < -0.4 is 4.72 Å². The van der Waals surface area contributed by atoms with Crippen LogP contribution in [0, 0.1) is 6.92 Å². The molecule has 0 radical (unpaired) electrons. The van der Waals surface area contributed by atoms with Crippen molar-refractivity contribution in [2.45, 2.75) is 24.9 Å². The molecule has 0 aromatic heterocycles. The predicted octanol–water partition coefficient (Wildman–Crippen LogP) is 6.29. The monoisotopic (exact) mass is 504 g/mol. The van der Waals surface area contributed by atoms with Crippen LogP contribution in [0.5, 0.6) is 0 Å². The van der Waals surface area contributed by atoms with Crippen molar-refractivity contribution in [3.63, 3.8) is 0 Å². The van der Waals surface area contributed by atoms with E-state index in [9.17, 15) is 13.2 Å². The first kappa shape index (κ1) is 24.5. The molecule has 0 heterocycles. The number of benzene rings is 4. The van der Waals surface area contributed by atoms with E-state index < -0.39 is 10.0 Å². The largest absolute Gasteiger partial charge is 0.330 e. The van der Waals surface area contributed by atoms with Gasteiger partial charge in [-0.3, -0.25) is 9.52 Å². The topological polar surface area (TPSA) is 66.5 Å². The van der Waals surface area contributed by atoms with Gasteiger partial charge in [0.2, 0.25) is 0 Å². The van der Waals surface area contributed by atoms with Crippen molar-refractivity contribution in [2.75, 3.05) is 4.72 Å². The molecule has 1 amide bonds.